The van der Waals surface area contributed by atoms with E-state index < -0.39 is 6.10 Å². The molecule has 0 saturated carbocycles. The summed E-state index contributed by atoms with van der Waals surface area (Å²) in [6.07, 6.45) is -0.612. The van der Waals surface area contributed by atoms with Crippen LogP contribution in [-0.4, -0.2) is 127 Å². The van der Waals surface area contributed by atoms with Crippen molar-refractivity contribution in [2.24, 2.45) is 0 Å². The highest BCUT2D eigenvalue weighted by molar-refractivity contribution is 4.47. The third kappa shape index (κ3) is 32.5. The second-order valence-electron chi connectivity index (χ2n) is 5.95. The molecule has 0 rings (SSSR count). The van der Waals surface area contributed by atoms with Gasteiger partial charge in [-0.3, -0.25) is 0 Å². The van der Waals surface area contributed by atoms with Gasteiger partial charge in [-0.05, 0) is 13.8 Å². The Balaban J connectivity index is 0. The van der Waals surface area contributed by atoms with Crippen LogP contribution in [0.5, 0.6) is 0 Å². The Labute approximate surface area is 174 Å². The third-order valence-corrected chi connectivity index (χ3v) is 3.03. The SMILES string of the molecule is CC(O)COC(C)CO.COCCOCCOCCOCCOCCOCCO. The van der Waals surface area contributed by atoms with Crippen LogP contribution in [0.1, 0.15) is 13.8 Å². The summed E-state index contributed by atoms with van der Waals surface area (Å²) in [6.45, 7) is 9.58. The molecule has 0 aromatic carbocycles. The predicted molar refractivity (Wildman–Crippen MR) is 107 cm³/mol. The summed E-state index contributed by atoms with van der Waals surface area (Å²) in [5.74, 6) is 0. The van der Waals surface area contributed by atoms with Gasteiger partial charge in [0.25, 0.3) is 0 Å². The Hall–Kier alpha value is -0.400. The zero-order chi connectivity index (χ0) is 22.0. The molecule has 2 unspecified atom stereocenters. The Bertz CT molecular complexity index is 264. The Kier molecular flexibility index (Phi) is 29.3. The number of methoxy groups -OCH3 is 1. The van der Waals surface area contributed by atoms with Crippen LogP contribution >= 0.6 is 0 Å². The average molecular weight is 431 g/mol. The number of rotatable bonds is 21. The molecule has 0 fully saturated rings. The minimum atomic E-state index is -0.445. The van der Waals surface area contributed by atoms with E-state index >= 15 is 0 Å². The van der Waals surface area contributed by atoms with Gasteiger partial charge in [0.15, 0.2) is 0 Å². The fourth-order valence-electron chi connectivity index (χ4n) is 1.54. The fourth-order valence-corrected chi connectivity index (χ4v) is 1.54. The molecule has 10 nitrogen and oxygen atoms in total. The Morgan fingerprint density at radius 1 is 0.621 bits per heavy atom. The summed E-state index contributed by atoms with van der Waals surface area (Å²) < 4.78 is 36.0. The summed E-state index contributed by atoms with van der Waals surface area (Å²) in [4.78, 5) is 0. The normalized spacial score (nSPS) is 13.0. The minimum Gasteiger partial charge on any atom is -0.394 e. The van der Waals surface area contributed by atoms with E-state index in [2.05, 4.69) is 0 Å². The Morgan fingerprint density at radius 3 is 1.31 bits per heavy atom. The first-order valence-electron chi connectivity index (χ1n) is 9.97. The van der Waals surface area contributed by atoms with Gasteiger partial charge in [-0.2, -0.15) is 0 Å². The summed E-state index contributed by atoms with van der Waals surface area (Å²) in [6, 6.07) is 0. The molecule has 0 saturated heterocycles. The van der Waals surface area contributed by atoms with Crippen molar-refractivity contribution in [3.8, 4) is 0 Å². The van der Waals surface area contributed by atoms with Gasteiger partial charge in [0.05, 0.1) is 105 Å². The van der Waals surface area contributed by atoms with Crippen molar-refractivity contribution >= 4 is 0 Å². The first-order valence-corrected chi connectivity index (χ1v) is 9.97. The highest BCUT2D eigenvalue weighted by atomic mass is 16.6. The van der Waals surface area contributed by atoms with Crippen LogP contribution in [0.25, 0.3) is 0 Å². The monoisotopic (exact) mass is 430 g/mol. The number of hydrogen-bond donors (Lipinski definition) is 3. The van der Waals surface area contributed by atoms with Gasteiger partial charge in [-0.25, -0.2) is 0 Å². The largest absolute Gasteiger partial charge is 0.394 e. The molecule has 0 heterocycles. The minimum absolute atomic E-state index is 0.00667. The average Bonchev–Trinajstić information content (AvgIpc) is 2.72. The molecule has 0 spiro atoms. The van der Waals surface area contributed by atoms with Crippen molar-refractivity contribution in [2.45, 2.75) is 26.1 Å². The molecule has 0 aliphatic rings. The molecule has 0 aliphatic carbocycles. The van der Waals surface area contributed by atoms with Crippen molar-refractivity contribution in [2.75, 3.05) is 99.6 Å². The van der Waals surface area contributed by atoms with Crippen molar-refractivity contribution in [3.05, 3.63) is 0 Å². The smallest absolute Gasteiger partial charge is 0.0779 e. The van der Waals surface area contributed by atoms with Crippen molar-refractivity contribution in [1.29, 1.82) is 0 Å². The van der Waals surface area contributed by atoms with Crippen LogP contribution in [0.15, 0.2) is 0 Å². The molecule has 3 N–H and O–H groups in total. The van der Waals surface area contributed by atoms with E-state index in [4.69, 9.17) is 48.5 Å². The van der Waals surface area contributed by atoms with Crippen LogP contribution in [-0.2, 0) is 33.2 Å². The molecule has 0 aromatic heterocycles. The van der Waals surface area contributed by atoms with Crippen LogP contribution in [0.4, 0.5) is 0 Å². The van der Waals surface area contributed by atoms with Gasteiger partial charge in [-0.1, -0.05) is 0 Å². The lowest BCUT2D eigenvalue weighted by Gasteiger charge is -2.10. The zero-order valence-electron chi connectivity index (χ0n) is 18.3. The van der Waals surface area contributed by atoms with Crippen LogP contribution in [0, 0.1) is 0 Å². The predicted octanol–water partition coefficient (Wildman–Crippen LogP) is -0.527. The third-order valence-electron chi connectivity index (χ3n) is 3.03. The van der Waals surface area contributed by atoms with Gasteiger partial charge in [0, 0.05) is 7.11 Å². The molecule has 0 aromatic rings. The van der Waals surface area contributed by atoms with Gasteiger partial charge < -0.3 is 48.5 Å². The maximum absolute atomic E-state index is 8.69. The quantitative estimate of drug-likeness (QED) is 0.205. The second-order valence-corrected chi connectivity index (χ2v) is 5.95. The highest BCUT2D eigenvalue weighted by Crippen LogP contribution is 1.90. The first-order chi connectivity index (χ1) is 14.1. The summed E-state index contributed by atoms with van der Waals surface area (Å²) in [5, 5.41) is 25.6. The molecule has 0 aliphatic heterocycles. The Morgan fingerprint density at radius 2 is 1.00 bits per heavy atom. The summed E-state index contributed by atoms with van der Waals surface area (Å²) >= 11 is 0. The second kappa shape index (κ2) is 27.6. The first kappa shape index (κ1) is 30.8. The lowest BCUT2D eigenvalue weighted by atomic mass is 10.4. The summed E-state index contributed by atoms with van der Waals surface area (Å²) in [7, 11) is 1.64. The van der Waals surface area contributed by atoms with E-state index in [9.17, 15) is 0 Å². The number of aliphatic hydroxyl groups excluding tert-OH is 3. The molecule has 2 atom stereocenters. The van der Waals surface area contributed by atoms with Crippen molar-refractivity contribution < 1.29 is 48.5 Å². The number of aliphatic hydroxyl groups is 3. The van der Waals surface area contributed by atoms with Crippen molar-refractivity contribution in [1.82, 2.24) is 0 Å². The van der Waals surface area contributed by atoms with Crippen molar-refractivity contribution in [3.63, 3.8) is 0 Å². The molecular weight excluding hydrogens is 388 g/mol. The molecule has 29 heavy (non-hydrogen) atoms. The maximum Gasteiger partial charge on any atom is 0.0779 e. The highest BCUT2D eigenvalue weighted by Gasteiger charge is 2.00. The number of ether oxygens (including phenoxy) is 7. The van der Waals surface area contributed by atoms with E-state index in [-0.39, 0.29) is 19.3 Å². The van der Waals surface area contributed by atoms with Gasteiger partial charge >= 0.3 is 0 Å². The maximum atomic E-state index is 8.69. The summed E-state index contributed by atoms with van der Waals surface area (Å²) in [5.41, 5.74) is 0. The van der Waals surface area contributed by atoms with Crippen LogP contribution in [0.3, 0.4) is 0 Å². The topological polar surface area (TPSA) is 125 Å². The van der Waals surface area contributed by atoms with Gasteiger partial charge in [-0.15, -0.1) is 0 Å². The molecule has 0 amide bonds. The standard InChI is InChI=1S/C13H28O7.C6H14O3/c1-15-4-5-17-8-9-19-12-13-20-11-10-18-7-6-16-3-2-14;1-5(8)4-9-6(2)3-7/h14H,2-13H2,1H3;5-8H,3-4H2,1-2H3. The van der Waals surface area contributed by atoms with Crippen LogP contribution < -0.4 is 0 Å². The lowest BCUT2D eigenvalue weighted by molar-refractivity contribution is -0.0177. The van der Waals surface area contributed by atoms with Gasteiger partial charge in [0.1, 0.15) is 0 Å². The van der Waals surface area contributed by atoms with E-state index in [0.717, 1.165) is 0 Å². The van der Waals surface area contributed by atoms with Gasteiger partial charge in [0.2, 0.25) is 0 Å². The number of hydrogen-bond acceptors (Lipinski definition) is 10. The van der Waals surface area contributed by atoms with Crippen LogP contribution in [0.2, 0.25) is 0 Å². The molecule has 178 valence electrons. The fraction of sp³-hybridized carbons (Fsp3) is 1.00. The van der Waals surface area contributed by atoms with E-state index in [1.54, 1.807) is 21.0 Å². The molecule has 0 bridgehead atoms. The molecule has 0 radical (unpaired) electrons. The van der Waals surface area contributed by atoms with E-state index in [1.165, 1.54) is 0 Å². The molecular formula is C19H42O10. The lowest BCUT2D eigenvalue weighted by Crippen LogP contribution is -2.19. The van der Waals surface area contributed by atoms with E-state index in [0.29, 0.717) is 79.3 Å². The zero-order valence-corrected chi connectivity index (χ0v) is 18.3. The van der Waals surface area contributed by atoms with E-state index in [1.807, 2.05) is 0 Å². The molecule has 10 heteroatoms.